The van der Waals surface area contributed by atoms with Crippen molar-refractivity contribution in [2.24, 2.45) is 0 Å². The maximum atomic E-state index is 11.9. The number of nitrogens with zero attached hydrogens (tertiary/aromatic N) is 2. The highest BCUT2D eigenvalue weighted by Gasteiger charge is 2.03. The van der Waals surface area contributed by atoms with Crippen LogP contribution in [0.1, 0.15) is 5.56 Å². The van der Waals surface area contributed by atoms with Crippen LogP contribution in [0, 0.1) is 0 Å². The van der Waals surface area contributed by atoms with Gasteiger partial charge < -0.3 is 4.57 Å². The summed E-state index contributed by atoms with van der Waals surface area (Å²) in [5.41, 5.74) is 3.19. The van der Waals surface area contributed by atoms with Crippen molar-refractivity contribution in [2.75, 3.05) is 0 Å². The van der Waals surface area contributed by atoms with Crippen LogP contribution in [0.5, 0.6) is 0 Å². The second-order valence-electron chi connectivity index (χ2n) is 4.28. The molecule has 0 radical (unpaired) electrons. The molecule has 1 aromatic carbocycles. The van der Waals surface area contributed by atoms with E-state index in [1.54, 1.807) is 10.6 Å². The van der Waals surface area contributed by atoms with Gasteiger partial charge in [-0.25, -0.2) is 4.37 Å². The Labute approximate surface area is 115 Å². The van der Waals surface area contributed by atoms with Crippen LogP contribution in [0.3, 0.4) is 0 Å². The maximum absolute atomic E-state index is 11.9. The molecule has 0 aliphatic rings. The van der Waals surface area contributed by atoms with Gasteiger partial charge in [0.15, 0.2) is 0 Å². The lowest BCUT2D eigenvalue weighted by Crippen LogP contribution is -2.18. The number of hydrogen-bond donors (Lipinski definition) is 0. The molecule has 4 heteroatoms. The van der Waals surface area contributed by atoms with Gasteiger partial charge in [0.25, 0.3) is 5.56 Å². The van der Waals surface area contributed by atoms with Gasteiger partial charge in [0.2, 0.25) is 0 Å². The van der Waals surface area contributed by atoms with E-state index in [0.29, 0.717) is 6.54 Å². The molecule has 2 aromatic heterocycles. The van der Waals surface area contributed by atoms with E-state index in [1.807, 2.05) is 54.2 Å². The molecule has 0 bridgehead atoms. The highest BCUT2D eigenvalue weighted by molar-refractivity contribution is 7.03. The molecule has 0 atom stereocenters. The number of benzene rings is 1. The molecule has 0 aliphatic heterocycles. The Kier molecular flexibility index (Phi) is 3.25. The zero-order valence-corrected chi connectivity index (χ0v) is 11.0. The van der Waals surface area contributed by atoms with Gasteiger partial charge in [-0.15, -0.1) is 0 Å². The molecule has 0 spiro atoms. The van der Waals surface area contributed by atoms with Crippen molar-refractivity contribution >= 4 is 11.5 Å². The summed E-state index contributed by atoms with van der Waals surface area (Å²) in [5, 5.41) is 1.98. The Morgan fingerprint density at radius 3 is 2.63 bits per heavy atom. The monoisotopic (exact) mass is 268 g/mol. The fourth-order valence-corrected chi connectivity index (χ4v) is 2.50. The molecule has 94 valence electrons. The standard InChI is InChI=1S/C15H12N2OS/c18-15-7-6-13(14-8-16-19-11-14)10-17(15)9-12-4-2-1-3-5-12/h1-8,10-11H,9H2. The van der Waals surface area contributed by atoms with E-state index in [0.717, 1.165) is 16.7 Å². The zero-order valence-electron chi connectivity index (χ0n) is 10.2. The van der Waals surface area contributed by atoms with E-state index in [1.165, 1.54) is 11.5 Å². The van der Waals surface area contributed by atoms with Gasteiger partial charge in [-0.1, -0.05) is 30.3 Å². The first-order valence-corrected chi connectivity index (χ1v) is 6.81. The largest absolute Gasteiger partial charge is 0.310 e. The van der Waals surface area contributed by atoms with Crippen LogP contribution < -0.4 is 5.56 Å². The average molecular weight is 268 g/mol. The second kappa shape index (κ2) is 5.20. The maximum Gasteiger partial charge on any atom is 0.250 e. The van der Waals surface area contributed by atoms with Crippen molar-refractivity contribution in [3.8, 4) is 11.1 Å². The number of rotatable bonds is 3. The Bertz CT molecular complexity index is 717. The highest BCUT2D eigenvalue weighted by atomic mass is 32.1. The molecule has 2 heterocycles. The van der Waals surface area contributed by atoms with Crippen molar-refractivity contribution < 1.29 is 0 Å². The zero-order chi connectivity index (χ0) is 13.1. The van der Waals surface area contributed by atoms with Gasteiger partial charge in [0.1, 0.15) is 0 Å². The molecule has 0 aliphatic carbocycles. The fourth-order valence-electron chi connectivity index (χ4n) is 1.95. The average Bonchev–Trinajstić information content (AvgIpc) is 2.96. The van der Waals surface area contributed by atoms with E-state index in [4.69, 9.17) is 0 Å². The van der Waals surface area contributed by atoms with Gasteiger partial charge in [0.05, 0.1) is 6.54 Å². The van der Waals surface area contributed by atoms with Gasteiger partial charge in [-0.3, -0.25) is 4.79 Å². The molecule has 0 fully saturated rings. The molecule has 0 saturated heterocycles. The van der Waals surface area contributed by atoms with Gasteiger partial charge >= 0.3 is 0 Å². The molecule has 0 saturated carbocycles. The molecule has 0 amide bonds. The summed E-state index contributed by atoms with van der Waals surface area (Å²) >= 11 is 1.41. The van der Waals surface area contributed by atoms with Crippen LogP contribution in [-0.4, -0.2) is 8.94 Å². The molecule has 3 aromatic rings. The summed E-state index contributed by atoms with van der Waals surface area (Å²) in [7, 11) is 0. The molecule has 3 nitrogen and oxygen atoms in total. The lowest BCUT2D eigenvalue weighted by molar-refractivity contribution is 0.761. The van der Waals surface area contributed by atoms with Gasteiger partial charge in [-0.2, -0.15) is 0 Å². The van der Waals surface area contributed by atoms with Gasteiger partial charge in [0, 0.05) is 35.0 Å². The van der Waals surface area contributed by atoms with E-state index < -0.39 is 0 Å². The molecule has 0 unspecified atom stereocenters. The minimum Gasteiger partial charge on any atom is -0.310 e. The third-order valence-electron chi connectivity index (χ3n) is 2.94. The summed E-state index contributed by atoms with van der Waals surface area (Å²) in [5.74, 6) is 0. The number of pyridine rings is 1. The van der Waals surface area contributed by atoms with Crippen molar-refractivity contribution in [2.45, 2.75) is 6.54 Å². The van der Waals surface area contributed by atoms with Crippen LogP contribution >= 0.6 is 11.5 Å². The third kappa shape index (κ3) is 2.63. The molecular formula is C15H12N2OS. The Morgan fingerprint density at radius 2 is 1.89 bits per heavy atom. The Morgan fingerprint density at radius 1 is 1.05 bits per heavy atom. The summed E-state index contributed by atoms with van der Waals surface area (Å²) < 4.78 is 5.81. The van der Waals surface area contributed by atoms with E-state index in [2.05, 4.69) is 4.37 Å². The smallest absolute Gasteiger partial charge is 0.250 e. The van der Waals surface area contributed by atoms with Crippen molar-refractivity contribution in [1.29, 1.82) is 0 Å². The van der Waals surface area contributed by atoms with Crippen molar-refractivity contribution in [1.82, 2.24) is 8.94 Å². The van der Waals surface area contributed by atoms with E-state index in [-0.39, 0.29) is 5.56 Å². The normalized spacial score (nSPS) is 10.5. The third-order valence-corrected chi connectivity index (χ3v) is 3.53. The van der Waals surface area contributed by atoms with Crippen LogP contribution in [0.4, 0.5) is 0 Å². The van der Waals surface area contributed by atoms with Crippen LogP contribution in [-0.2, 0) is 6.54 Å². The summed E-state index contributed by atoms with van der Waals surface area (Å²) in [4.78, 5) is 11.9. The quantitative estimate of drug-likeness (QED) is 0.732. The van der Waals surface area contributed by atoms with E-state index in [9.17, 15) is 4.79 Å². The SMILES string of the molecule is O=c1ccc(-c2cnsc2)cn1Cc1ccccc1. The second-order valence-corrected chi connectivity index (χ2v) is 4.94. The lowest BCUT2D eigenvalue weighted by Gasteiger charge is -2.07. The number of hydrogen-bond acceptors (Lipinski definition) is 3. The summed E-state index contributed by atoms with van der Waals surface area (Å²) in [6, 6.07) is 13.4. The van der Waals surface area contributed by atoms with Crippen LogP contribution in [0.25, 0.3) is 11.1 Å². The Hall–Kier alpha value is -2.20. The molecule has 3 rings (SSSR count). The Balaban J connectivity index is 1.97. The molecule has 0 N–H and O–H groups in total. The first-order valence-electron chi connectivity index (χ1n) is 5.97. The first kappa shape index (κ1) is 11.9. The predicted molar refractivity (Wildman–Crippen MR) is 77.4 cm³/mol. The van der Waals surface area contributed by atoms with Gasteiger partial charge in [-0.05, 0) is 23.2 Å². The number of aromatic nitrogens is 2. The highest BCUT2D eigenvalue weighted by Crippen LogP contribution is 2.18. The van der Waals surface area contributed by atoms with Crippen molar-refractivity contribution in [3.63, 3.8) is 0 Å². The van der Waals surface area contributed by atoms with Crippen LogP contribution in [0.2, 0.25) is 0 Å². The summed E-state index contributed by atoms with van der Waals surface area (Å²) in [6.45, 7) is 0.588. The molecule has 19 heavy (non-hydrogen) atoms. The fraction of sp³-hybridized carbons (Fsp3) is 0.0667. The molecular weight excluding hydrogens is 256 g/mol. The van der Waals surface area contributed by atoms with Crippen molar-refractivity contribution in [3.05, 3.63) is 76.2 Å². The summed E-state index contributed by atoms with van der Waals surface area (Å²) in [6.07, 6.45) is 3.70. The lowest BCUT2D eigenvalue weighted by atomic mass is 10.1. The minimum atomic E-state index is 0.00999. The minimum absolute atomic E-state index is 0.00999. The predicted octanol–water partition coefficient (Wildman–Crippen LogP) is 3.02. The first-order chi connectivity index (χ1) is 9.33. The van der Waals surface area contributed by atoms with Crippen LogP contribution in [0.15, 0.2) is 65.0 Å². The van der Waals surface area contributed by atoms with E-state index >= 15 is 0 Å². The topological polar surface area (TPSA) is 34.9 Å².